The number of ketones is 1. The van der Waals surface area contributed by atoms with E-state index in [1.54, 1.807) is 16.8 Å². The van der Waals surface area contributed by atoms with E-state index in [4.69, 9.17) is 0 Å². The maximum atomic E-state index is 13.3. The molecule has 0 aliphatic rings. The molecule has 100 valence electrons. The molecule has 1 aromatic carbocycles. The van der Waals surface area contributed by atoms with E-state index in [2.05, 4.69) is 0 Å². The highest BCUT2D eigenvalue weighted by atomic mass is 32.1. The molecule has 6 heteroatoms. The third kappa shape index (κ3) is 3.20. The number of thiophene rings is 1. The van der Waals surface area contributed by atoms with Gasteiger partial charge in [-0.1, -0.05) is 6.07 Å². The maximum Gasteiger partial charge on any atom is 0.419 e. The van der Waals surface area contributed by atoms with Crippen molar-refractivity contribution < 1.29 is 22.4 Å². The Balaban J connectivity index is 2.22. The van der Waals surface area contributed by atoms with Crippen molar-refractivity contribution in [3.05, 3.63) is 57.5 Å². The van der Waals surface area contributed by atoms with Crippen LogP contribution in [0.15, 0.2) is 35.0 Å². The lowest BCUT2D eigenvalue weighted by Crippen LogP contribution is -2.10. The number of hydrogen-bond acceptors (Lipinski definition) is 2. The summed E-state index contributed by atoms with van der Waals surface area (Å²) in [6, 6.07) is 3.97. The fourth-order valence-corrected chi connectivity index (χ4v) is 2.27. The zero-order chi connectivity index (χ0) is 14.0. The Labute approximate surface area is 110 Å². The molecule has 0 fully saturated rings. The van der Waals surface area contributed by atoms with E-state index >= 15 is 0 Å². The summed E-state index contributed by atoms with van der Waals surface area (Å²) >= 11 is 1.41. The Hall–Kier alpha value is -1.69. The molecule has 1 aromatic heterocycles. The number of benzene rings is 1. The summed E-state index contributed by atoms with van der Waals surface area (Å²) in [5, 5.41) is 3.55. The van der Waals surface area contributed by atoms with Crippen molar-refractivity contribution in [1.29, 1.82) is 0 Å². The molecule has 0 bridgehead atoms. The Bertz CT molecular complexity index is 587. The average Bonchev–Trinajstić information content (AvgIpc) is 2.79. The molecule has 0 aliphatic carbocycles. The minimum absolute atomic E-state index is 0.0499. The van der Waals surface area contributed by atoms with Crippen LogP contribution in [0, 0.1) is 5.82 Å². The normalized spacial score (nSPS) is 11.6. The molecule has 0 unspecified atom stereocenters. The molecule has 2 aromatic rings. The molecule has 19 heavy (non-hydrogen) atoms. The van der Waals surface area contributed by atoms with Crippen molar-refractivity contribution in [2.45, 2.75) is 12.6 Å². The van der Waals surface area contributed by atoms with Crippen LogP contribution in [-0.2, 0) is 12.6 Å². The highest BCUT2D eigenvalue weighted by Gasteiger charge is 2.34. The fraction of sp³-hybridized carbons (Fsp3) is 0.154. The molecule has 0 amide bonds. The van der Waals surface area contributed by atoms with Crippen LogP contribution in [0.5, 0.6) is 0 Å². The summed E-state index contributed by atoms with van der Waals surface area (Å²) < 4.78 is 50.4. The highest BCUT2D eigenvalue weighted by Crippen LogP contribution is 2.31. The van der Waals surface area contributed by atoms with Crippen molar-refractivity contribution in [3.63, 3.8) is 0 Å². The summed E-state index contributed by atoms with van der Waals surface area (Å²) in [5.41, 5.74) is -0.661. The molecule has 0 radical (unpaired) electrons. The van der Waals surface area contributed by atoms with Crippen LogP contribution >= 0.6 is 11.3 Å². The molecule has 0 atom stereocenters. The van der Waals surface area contributed by atoms with Crippen molar-refractivity contribution in [2.75, 3.05) is 0 Å². The van der Waals surface area contributed by atoms with Crippen molar-refractivity contribution in [1.82, 2.24) is 0 Å². The standard InChI is InChI=1S/C13H8F4OS/c14-11-6-9(1-2-10(11)13(15,16)17)12(18)5-8-3-4-19-7-8/h1-4,6-7H,5H2. The molecule has 0 N–H and O–H groups in total. The molecule has 1 nitrogen and oxygen atoms in total. The SMILES string of the molecule is O=C(Cc1ccsc1)c1ccc(C(F)(F)F)c(F)c1. The van der Waals surface area contributed by atoms with E-state index in [-0.39, 0.29) is 12.0 Å². The molecular weight excluding hydrogens is 280 g/mol. The summed E-state index contributed by atoms with van der Waals surface area (Å²) in [6.07, 6.45) is -4.70. The highest BCUT2D eigenvalue weighted by molar-refractivity contribution is 7.08. The van der Waals surface area contributed by atoms with Gasteiger partial charge in [0, 0.05) is 12.0 Å². The topological polar surface area (TPSA) is 17.1 Å². The third-order valence-electron chi connectivity index (χ3n) is 2.54. The third-order valence-corrected chi connectivity index (χ3v) is 3.27. The molecule has 2 rings (SSSR count). The summed E-state index contributed by atoms with van der Waals surface area (Å²) in [5.74, 6) is -1.84. The van der Waals surface area contributed by atoms with Gasteiger partial charge >= 0.3 is 6.18 Å². The van der Waals surface area contributed by atoms with Crippen LogP contribution in [0.3, 0.4) is 0 Å². The van der Waals surface area contributed by atoms with Crippen LogP contribution in [0.25, 0.3) is 0 Å². The van der Waals surface area contributed by atoms with Gasteiger partial charge in [-0.2, -0.15) is 24.5 Å². The summed E-state index contributed by atoms with van der Waals surface area (Å²) in [4.78, 5) is 11.8. The van der Waals surface area contributed by atoms with Crippen LogP contribution in [0.4, 0.5) is 17.6 Å². The Kier molecular flexibility index (Phi) is 3.71. The van der Waals surface area contributed by atoms with Gasteiger partial charge in [0.15, 0.2) is 5.78 Å². The van der Waals surface area contributed by atoms with Gasteiger partial charge in [0.1, 0.15) is 5.82 Å². The van der Waals surface area contributed by atoms with Gasteiger partial charge in [-0.15, -0.1) is 0 Å². The van der Waals surface area contributed by atoms with Gasteiger partial charge in [0.05, 0.1) is 5.56 Å². The molecule has 0 saturated carbocycles. The lowest BCUT2D eigenvalue weighted by Gasteiger charge is -2.08. The van der Waals surface area contributed by atoms with Crippen molar-refractivity contribution in [2.24, 2.45) is 0 Å². The smallest absolute Gasteiger partial charge is 0.294 e. The number of rotatable bonds is 3. The van der Waals surface area contributed by atoms with Gasteiger partial charge in [-0.3, -0.25) is 4.79 Å². The Morgan fingerprint density at radius 1 is 1.21 bits per heavy atom. The van der Waals surface area contributed by atoms with Crippen LogP contribution in [-0.4, -0.2) is 5.78 Å². The van der Waals surface area contributed by atoms with E-state index in [1.807, 2.05) is 0 Å². The second-order valence-electron chi connectivity index (χ2n) is 3.92. The van der Waals surface area contributed by atoms with Crippen LogP contribution < -0.4 is 0 Å². The van der Waals surface area contributed by atoms with Crippen LogP contribution in [0.2, 0.25) is 0 Å². The number of hydrogen-bond donors (Lipinski definition) is 0. The maximum absolute atomic E-state index is 13.3. The first-order chi connectivity index (χ1) is 8.88. The first-order valence-electron chi connectivity index (χ1n) is 5.29. The van der Waals surface area contributed by atoms with E-state index in [1.165, 1.54) is 11.3 Å². The van der Waals surface area contributed by atoms with Gasteiger partial charge in [0.25, 0.3) is 0 Å². The lowest BCUT2D eigenvalue weighted by atomic mass is 10.0. The van der Waals surface area contributed by atoms with Crippen molar-refractivity contribution in [3.8, 4) is 0 Å². The van der Waals surface area contributed by atoms with Gasteiger partial charge in [-0.05, 0) is 34.5 Å². The van der Waals surface area contributed by atoms with Crippen molar-refractivity contribution >= 4 is 17.1 Å². The number of carbonyl (C=O) groups excluding carboxylic acids is 1. The number of alkyl halides is 3. The number of halogens is 4. The van der Waals surface area contributed by atoms with Crippen LogP contribution in [0.1, 0.15) is 21.5 Å². The zero-order valence-corrected chi connectivity index (χ0v) is 10.3. The second kappa shape index (κ2) is 5.13. The Morgan fingerprint density at radius 3 is 2.47 bits per heavy atom. The van der Waals surface area contributed by atoms with E-state index < -0.39 is 23.3 Å². The van der Waals surface area contributed by atoms with Gasteiger partial charge in [-0.25, -0.2) is 4.39 Å². The molecular formula is C13H8F4OS. The minimum atomic E-state index is -4.75. The van der Waals surface area contributed by atoms with E-state index in [0.29, 0.717) is 12.1 Å². The first-order valence-corrected chi connectivity index (χ1v) is 6.23. The Morgan fingerprint density at radius 2 is 1.95 bits per heavy atom. The summed E-state index contributed by atoms with van der Waals surface area (Å²) in [6.45, 7) is 0. The largest absolute Gasteiger partial charge is 0.419 e. The number of carbonyl (C=O) groups is 1. The zero-order valence-electron chi connectivity index (χ0n) is 9.50. The molecule has 1 heterocycles. The molecule has 0 aliphatic heterocycles. The van der Waals surface area contributed by atoms with Gasteiger partial charge < -0.3 is 0 Å². The lowest BCUT2D eigenvalue weighted by molar-refractivity contribution is -0.140. The summed E-state index contributed by atoms with van der Waals surface area (Å²) in [7, 11) is 0. The van der Waals surface area contributed by atoms with E-state index in [9.17, 15) is 22.4 Å². The minimum Gasteiger partial charge on any atom is -0.294 e. The number of Topliss-reactive ketones (excluding diaryl/α,β-unsaturated/α-hetero) is 1. The molecule has 0 saturated heterocycles. The fourth-order valence-electron chi connectivity index (χ4n) is 1.60. The monoisotopic (exact) mass is 288 g/mol. The molecule has 0 spiro atoms. The van der Waals surface area contributed by atoms with E-state index in [0.717, 1.165) is 11.6 Å². The first kappa shape index (κ1) is 13.7. The predicted molar refractivity (Wildman–Crippen MR) is 63.8 cm³/mol. The quantitative estimate of drug-likeness (QED) is 0.607. The van der Waals surface area contributed by atoms with Gasteiger partial charge in [0.2, 0.25) is 0 Å². The second-order valence-corrected chi connectivity index (χ2v) is 4.70. The predicted octanol–water partition coefficient (Wildman–Crippen LogP) is 4.33. The average molecular weight is 288 g/mol.